The lowest BCUT2D eigenvalue weighted by Gasteiger charge is -2.43. The van der Waals surface area contributed by atoms with Gasteiger partial charge in [0.25, 0.3) is 0 Å². The van der Waals surface area contributed by atoms with Crippen molar-refractivity contribution in [1.82, 2.24) is 4.90 Å². The van der Waals surface area contributed by atoms with Gasteiger partial charge in [-0.1, -0.05) is 34.1 Å². The minimum absolute atomic E-state index is 0.0949. The molecule has 2 rings (SSSR count). The van der Waals surface area contributed by atoms with Crippen molar-refractivity contribution in [3.63, 3.8) is 0 Å². The summed E-state index contributed by atoms with van der Waals surface area (Å²) >= 11 is 9.52. The summed E-state index contributed by atoms with van der Waals surface area (Å²) in [6.07, 6.45) is 1.34. The van der Waals surface area contributed by atoms with Crippen molar-refractivity contribution >= 4 is 33.4 Å². The molecular weight excluding hydrogens is 342 g/mol. The summed E-state index contributed by atoms with van der Waals surface area (Å²) in [5.74, 6) is -0.0949. The minimum atomic E-state index is -0.356. The molecule has 1 aliphatic heterocycles. The summed E-state index contributed by atoms with van der Waals surface area (Å²) in [7, 11) is 0. The van der Waals surface area contributed by atoms with Crippen molar-refractivity contribution < 1.29 is 9.53 Å². The fraction of sp³-hybridized carbons (Fsp3) is 0.400. The molecule has 1 aromatic carbocycles. The van der Waals surface area contributed by atoms with Crippen LogP contribution in [0.5, 0.6) is 0 Å². The van der Waals surface area contributed by atoms with Crippen LogP contribution < -0.4 is 0 Å². The zero-order valence-corrected chi connectivity index (χ0v) is 13.9. The highest BCUT2D eigenvalue weighted by atomic mass is 79.9. The molecular formula is C15H17BrClNO2. The first-order valence-corrected chi connectivity index (χ1v) is 7.52. The Bertz CT molecular complexity index is 524. The number of morpholine rings is 1. The van der Waals surface area contributed by atoms with Gasteiger partial charge in [-0.3, -0.25) is 4.79 Å². The quantitative estimate of drug-likeness (QED) is 0.749. The molecule has 0 bridgehead atoms. The molecule has 0 aliphatic carbocycles. The number of carbonyl (C=O) groups excluding carboxylic acids is 1. The summed E-state index contributed by atoms with van der Waals surface area (Å²) in [6.45, 7) is 8.49. The van der Waals surface area contributed by atoms with E-state index in [1.54, 1.807) is 4.90 Å². The van der Waals surface area contributed by atoms with E-state index >= 15 is 0 Å². The highest BCUT2D eigenvalue weighted by molar-refractivity contribution is 9.10. The predicted octanol–water partition coefficient (Wildman–Crippen LogP) is 3.97. The van der Waals surface area contributed by atoms with Crippen molar-refractivity contribution in [1.29, 1.82) is 0 Å². The molecule has 108 valence electrons. The number of ether oxygens (including phenoxy) is 1. The van der Waals surface area contributed by atoms with Gasteiger partial charge in [-0.05, 0) is 43.7 Å². The zero-order valence-electron chi connectivity index (χ0n) is 11.5. The number of hydrogen-bond acceptors (Lipinski definition) is 2. The molecule has 0 saturated carbocycles. The number of nitrogens with zero attached hydrogens (tertiary/aromatic N) is 1. The Morgan fingerprint density at radius 3 is 2.85 bits per heavy atom. The Labute approximate surface area is 132 Å². The third-order valence-electron chi connectivity index (χ3n) is 3.29. The van der Waals surface area contributed by atoms with Gasteiger partial charge in [-0.25, -0.2) is 0 Å². The van der Waals surface area contributed by atoms with Gasteiger partial charge in [0.15, 0.2) is 0 Å². The van der Waals surface area contributed by atoms with Crippen LogP contribution in [0.15, 0.2) is 35.3 Å². The van der Waals surface area contributed by atoms with Crippen molar-refractivity contribution in [2.45, 2.75) is 25.5 Å². The maximum atomic E-state index is 12.1. The summed E-state index contributed by atoms with van der Waals surface area (Å²) in [5, 5.41) is 0.630. The number of benzene rings is 1. The lowest BCUT2D eigenvalue weighted by molar-refractivity contribution is -0.151. The molecule has 0 spiro atoms. The first-order chi connectivity index (χ1) is 9.32. The fourth-order valence-electron chi connectivity index (χ4n) is 2.35. The molecule has 3 nitrogen and oxygen atoms in total. The molecule has 0 aromatic heterocycles. The van der Waals surface area contributed by atoms with Crippen LogP contribution in [0, 0.1) is 0 Å². The number of hydrogen-bond donors (Lipinski definition) is 0. The van der Waals surface area contributed by atoms with Gasteiger partial charge in [0.05, 0.1) is 24.8 Å². The van der Waals surface area contributed by atoms with Crippen LogP contribution >= 0.6 is 27.5 Å². The molecule has 1 atom stereocenters. The number of amides is 1. The summed E-state index contributed by atoms with van der Waals surface area (Å²) in [6, 6.07) is 5.49. The van der Waals surface area contributed by atoms with E-state index in [-0.39, 0.29) is 17.6 Å². The minimum Gasteiger partial charge on any atom is -0.371 e. The van der Waals surface area contributed by atoms with E-state index in [4.69, 9.17) is 16.3 Å². The molecule has 1 heterocycles. The number of carbonyl (C=O) groups is 1. The zero-order chi connectivity index (χ0) is 14.9. The molecule has 1 aliphatic rings. The normalized spacial score (nSPS) is 21.6. The van der Waals surface area contributed by atoms with Crippen LogP contribution in [0.4, 0.5) is 0 Å². The highest BCUT2D eigenvalue weighted by Crippen LogP contribution is 2.33. The van der Waals surface area contributed by atoms with Crippen molar-refractivity contribution in [3.8, 4) is 0 Å². The summed E-state index contributed by atoms with van der Waals surface area (Å²) in [5.41, 5.74) is 0.598. The van der Waals surface area contributed by atoms with E-state index in [0.29, 0.717) is 18.2 Å². The number of halogens is 2. The van der Waals surface area contributed by atoms with Crippen LogP contribution in [0.1, 0.15) is 25.5 Å². The Balaban J connectivity index is 2.37. The molecule has 20 heavy (non-hydrogen) atoms. The third kappa shape index (κ3) is 3.43. The number of rotatable bonds is 2. The Hall–Kier alpha value is -0.840. The molecule has 5 heteroatoms. The van der Waals surface area contributed by atoms with Gasteiger partial charge in [-0.2, -0.15) is 0 Å². The first kappa shape index (κ1) is 15.5. The van der Waals surface area contributed by atoms with Gasteiger partial charge < -0.3 is 9.64 Å². The summed E-state index contributed by atoms with van der Waals surface area (Å²) < 4.78 is 6.74. The van der Waals surface area contributed by atoms with Crippen LogP contribution in [0.2, 0.25) is 5.02 Å². The lowest BCUT2D eigenvalue weighted by atomic mass is 9.99. The van der Waals surface area contributed by atoms with Gasteiger partial charge in [0.1, 0.15) is 0 Å². The van der Waals surface area contributed by atoms with Crippen LogP contribution in [0.3, 0.4) is 0 Å². The monoisotopic (exact) mass is 357 g/mol. The molecule has 1 fully saturated rings. The maximum absolute atomic E-state index is 12.1. The highest BCUT2D eigenvalue weighted by Gasteiger charge is 2.36. The van der Waals surface area contributed by atoms with Gasteiger partial charge in [0, 0.05) is 9.50 Å². The second kappa shape index (κ2) is 5.88. The van der Waals surface area contributed by atoms with E-state index < -0.39 is 0 Å². The average molecular weight is 359 g/mol. The van der Waals surface area contributed by atoms with E-state index in [9.17, 15) is 4.79 Å². The van der Waals surface area contributed by atoms with E-state index in [1.165, 1.54) is 6.08 Å². The van der Waals surface area contributed by atoms with Crippen LogP contribution in [0.25, 0.3) is 0 Å². The van der Waals surface area contributed by atoms with Crippen molar-refractivity contribution in [3.05, 3.63) is 45.9 Å². The third-order valence-corrected chi connectivity index (χ3v) is 3.96. The Morgan fingerprint density at radius 1 is 1.55 bits per heavy atom. The fourth-order valence-corrected chi connectivity index (χ4v) is 3.24. The maximum Gasteiger partial charge on any atom is 0.246 e. The second-order valence-corrected chi connectivity index (χ2v) is 6.81. The smallest absolute Gasteiger partial charge is 0.246 e. The lowest BCUT2D eigenvalue weighted by Crippen LogP contribution is -2.51. The molecule has 0 radical (unpaired) electrons. The van der Waals surface area contributed by atoms with Crippen molar-refractivity contribution in [2.75, 3.05) is 13.2 Å². The van der Waals surface area contributed by atoms with Gasteiger partial charge in [0.2, 0.25) is 5.91 Å². The van der Waals surface area contributed by atoms with Crippen LogP contribution in [-0.4, -0.2) is 29.6 Å². The van der Waals surface area contributed by atoms with Crippen LogP contribution in [-0.2, 0) is 9.53 Å². The van der Waals surface area contributed by atoms with E-state index in [1.807, 2.05) is 32.0 Å². The van der Waals surface area contributed by atoms with E-state index in [0.717, 1.165) is 10.0 Å². The van der Waals surface area contributed by atoms with Gasteiger partial charge >= 0.3 is 0 Å². The standard InChI is InChI=1S/C15H17BrClNO2/c1-4-14(19)18-9-15(2,3)20-8-13(18)10-5-11(16)7-12(17)6-10/h4-7,13H,1,8-9H2,2-3H3/t13-/m0/s1. The first-order valence-electron chi connectivity index (χ1n) is 6.35. The molecule has 1 aromatic rings. The summed E-state index contributed by atoms with van der Waals surface area (Å²) in [4.78, 5) is 13.9. The van der Waals surface area contributed by atoms with Crippen molar-refractivity contribution in [2.24, 2.45) is 0 Å². The molecule has 0 N–H and O–H groups in total. The Kier molecular flexibility index (Phi) is 4.57. The molecule has 0 unspecified atom stereocenters. The topological polar surface area (TPSA) is 29.5 Å². The SMILES string of the molecule is C=CC(=O)N1CC(C)(C)OC[C@H]1c1cc(Cl)cc(Br)c1. The average Bonchev–Trinajstić information content (AvgIpc) is 2.35. The van der Waals surface area contributed by atoms with E-state index in [2.05, 4.69) is 22.5 Å². The second-order valence-electron chi connectivity index (χ2n) is 5.46. The van der Waals surface area contributed by atoms with Gasteiger partial charge in [-0.15, -0.1) is 0 Å². The molecule has 1 saturated heterocycles. The Morgan fingerprint density at radius 2 is 2.25 bits per heavy atom. The molecule has 1 amide bonds. The predicted molar refractivity (Wildman–Crippen MR) is 83.8 cm³/mol. The largest absolute Gasteiger partial charge is 0.371 e.